The summed E-state index contributed by atoms with van der Waals surface area (Å²) in [4.78, 5) is 0. The number of benzene rings is 2. The number of rotatable bonds is 4. The van der Waals surface area contributed by atoms with Crippen LogP contribution in [-0.4, -0.2) is 12.1 Å². The van der Waals surface area contributed by atoms with Crippen LogP contribution in [0.25, 0.3) is 0 Å². The first kappa shape index (κ1) is 13.8. The number of fused-ring (bicyclic) bond motifs is 1. The van der Waals surface area contributed by atoms with Crippen molar-refractivity contribution in [2.24, 2.45) is 0 Å². The molecule has 0 saturated heterocycles. The minimum absolute atomic E-state index is 0.123. The van der Waals surface area contributed by atoms with Crippen molar-refractivity contribution in [3.8, 4) is 5.75 Å². The molecule has 1 aliphatic rings. The molecule has 3 nitrogen and oxygen atoms in total. The first-order chi connectivity index (χ1) is 10.1. The van der Waals surface area contributed by atoms with E-state index >= 15 is 0 Å². The highest BCUT2D eigenvalue weighted by Crippen LogP contribution is 2.29. The maximum absolute atomic E-state index is 5.96. The predicted octanol–water partition coefficient (Wildman–Crippen LogP) is 3.64. The fraction of sp³-hybridized carbons (Fsp3) is 0.333. The van der Waals surface area contributed by atoms with Crippen LogP contribution in [0.5, 0.6) is 5.75 Å². The van der Waals surface area contributed by atoms with E-state index in [0.29, 0.717) is 11.7 Å². The fourth-order valence-corrected chi connectivity index (χ4v) is 2.88. The number of ether oxygens (including phenoxy) is 1. The van der Waals surface area contributed by atoms with Gasteiger partial charge in [-0.2, -0.15) is 0 Å². The minimum Gasteiger partial charge on any atom is -0.489 e. The second-order valence-corrected chi connectivity index (χ2v) is 5.94. The van der Waals surface area contributed by atoms with E-state index < -0.39 is 0 Å². The van der Waals surface area contributed by atoms with Gasteiger partial charge < -0.3 is 15.8 Å². The quantitative estimate of drug-likeness (QED) is 0.842. The molecule has 21 heavy (non-hydrogen) atoms. The molecule has 0 bridgehead atoms. The summed E-state index contributed by atoms with van der Waals surface area (Å²) in [6.45, 7) is 4.01. The third kappa shape index (κ3) is 3.13. The molecule has 1 aliphatic carbocycles. The van der Waals surface area contributed by atoms with E-state index in [1.165, 1.54) is 11.1 Å². The zero-order valence-corrected chi connectivity index (χ0v) is 12.6. The lowest BCUT2D eigenvalue weighted by atomic mass is 10.1. The lowest BCUT2D eigenvalue weighted by Gasteiger charge is -2.17. The van der Waals surface area contributed by atoms with Crippen LogP contribution in [0.2, 0.25) is 0 Å². The largest absolute Gasteiger partial charge is 0.489 e. The Labute approximate surface area is 126 Å². The molecular formula is C18H22N2O. The monoisotopic (exact) mass is 282 g/mol. The Hall–Kier alpha value is -2.16. The van der Waals surface area contributed by atoms with Crippen molar-refractivity contribution in [3.05, 3.63) is 53.6 Å². The van der Waals surface area contributed by atoms with Gasteiger partial charge in [0.25, 0.3) is 0 Å². The Kier molecular flexibility index (Phi) is 3.74. The predicted molar refractivity (Wildman–Crippen MR) is 87.9 cm³/mol. The average molecular weight is 282 g/mol. The number of nitrogens with two attached hydrogens (primary N) is 1. The van der Waals surface area contributed by atoms with Crippen LogP contribution >= 0.6 is 0 Å². The van der Waals surface area contributed by atoms with E-state index in [1.54, 1.807) is 0 Å². The van der Waals surface area contributed by atoms with Gasteiger partial charge >= 0.3 is 0 Å². The molecule has 3 rings (SSSR count). The molecule has 0 aliphatic heterocycles. The maximum atomic E-state index is 5.96. The van der Waals surface area contributed by atoms with Crippen LogP contribution in [0.4, 0.5) is 11.4 Å². The Bertz CT molecular complexity index is 612. The highest BCUT2D eigenvalue weighted by Gasteiger charge is 2.20. The summed E-state index contributed by atoms with van der Waals surface area (Å²) >= 11 is 0. The van der Waals surface area contributed by atoms with E-state index in [9.17, 15) is 0 Å². The fourth-order valence-electron chi connectivity index (χ4n) is 2.88. The molecular weight excluding hydrogens is 260 g/mol. The van der Waals surface area contributed by atoms with Crippen molar-refractivity contribution >= 4 is 11.4 Å². The van der Waals surface area contributed by atoms with Crippen LogP contribution in [0, 0.1) is 0 Å². The van der Waals surface area contributed by atoms with Gasteiger partial charge in [-0.3, -0.25) is 0 Å². The molecule has 110 valence electrons. The van der Waals surface area contributed by atoms with E-state index in [-0.39, 0.29) is 6.10 Å². The Morgan fingerprint density at radius 1 is 1.10 bits per heavy atom. The Balaban J connectivity index is 1.72. The molecule has 0 saturated carbocycles. The van der Waals surface area contributed by atoms with Crippen LogP contribution < -0.4 is 15.8 Å². The van der Waals surface area contributed by atoms with Gasteiger partial charge in [0.15, 0.2) is 0 Å². The third-order valence-electron chi connectivity index (χ3n) is 3.80. The number of nitrogens with one attached hydrogen (secondary N) is 1. The zero-order valence-electron chi connectivity index (χ0n) is 12.6. The zero-order chi connectivity index (χ0) is 14.8. The van der Waals surface area contributed by atoms with Crippen molar-refractivity contribution in [1.29, 1.82) is 0 Å². The number of nitrogen functional groups attached to an aromatic ring is 1. The normalized spacial score (nSPS) is 14.2. The highest BCUT2D eigenvalue weighted by molar-refractivity contribution is 5.62. The molecule has 0 radical (unpaired) electrons. The maximum Gasteiger partial charge on any atom is 0.144 e. The van der Waals surface area contributed by atoms with Gasteiger partial charge in [-0.05, 0) is 49.9 Å². The van der Waals surface area contributed by atoms with Crippen molar-refractivity contribution < 1.29 is 4.74 Å². The molecule has 0 heterocycles. The lowest BCUT2D eigenvalue weighted by molar-refractivity contribution is 0.244. The molecule has 0 amide bonds. The second-order valence-electron chi connectivity index (χ2n) is 5.94. The SMILES string of the molecule is CC(C)Oc1cc(NC2Cc3ccccc3C2)ccc1N. The van der Waals surface area contributed by atoms with E-state index in [2.05, 4.69) is 29.6 Å². The van der Waals surface area contributed by atoms with E-state index in [1.807, 2.05) is 32.0 Å². The third-order valence-corrected chi connectivity index (χ3v) is 3.80. The van der Waals surface area contributed by atoms with Gasteiger partial charge in [0.2, 0.25) is 0 Å². The minimum atomic E-state index is 0.123. The average Bonchev–Trinajstić information content (AvgIpc) is 2.84. The molecule has 3 heteroatoms. The summed E-state index contributed by atoms with van der Waals surface area (Å²) in [6, 6.07) is 15.0. The molecule has 0 aromatic heterocycles. The number of hydrogen-bond acceptors (Lipinski definition) is 3. The van der Waals surface area contributed by atoms with Crippen LogP contribution in [0.15, 0.2) is 42.5 Å². The van der Waals surface area contributed by atoms with Crippen LogP contribution in [0.1, 0.15) is 25.0 Å². The molecule has 0 spiro atoms. The van der Waals surface area contributed by atoms with Gasteiger partial charge in [-0.25, -0.2) is 0 Å². The van der Waals surface area contributed by atoms with Gasteiger partial charge in [0.05, 0.1) is 11.8 Å². The molecule has 2 aromatic carbocycles. The lowest BCUT2D eigenvalue weighted by Crippen LogP contribution is -2.19. The molecule has 3 N–H and O–H groups in total. The molecule has 0 fully saturated rings. The second kappa shape index (κ2) is 5.68. The van der Waals surface area contributed by atoms with Crippen molar-refractivity contribution in [2.45, 2.75) is 38.8 Å². The Morgan fingerprint density at radius 2 is 1.76 bits per heavy atom. The smallest absolute Gasteiger partial charge is 0.144 e. The van der Waals surface area contributed by atoms with Gasteiger partial charge in [0, 0.05) is 17.8 Å². The van der Waals surface area contributed by atoms with Crippen molar-refractivity contribution in [2.75, 3.05) is 11.1 Å². The summed E-state index contributed by atoms with van der Waals surface area (Å²) in [5.74, 6) is 0.755. The standard InChI is InChI=1S/C18H22N2O/c1-12(2)21-18-11-15(7-8-17(18)19)20-16-9-13-5-3-4-6-14(13)10-16/h3-8,11-12,16,20H,9-10,19H2,1-2H3. The van der Waals surface area contributed by atoms with Gasteiger partial charge in [-0.1, -0.05) is 24.3 Å². The van der Waals surface area contributed by atoms with Crippen LogP contribution in [0.3, 0.4) is 0 Å². The number of anilines is 2. The molecule has 0 atom stereocenters. The Morgan fingerprint density at radius 3 is 2.38 bits per heavy atom. The highest BCUT2D eigenvalue weighted by atomic mass is 16.5. The first-order valence-corrected chi connectivity index (χ1v) is 7.51. The van der Waals surface area contributed by atoms with Crippen molar-refractivity contribution in [1.82, 2.24) is 0 Å². The topological polar surface area (TPSA) is 47.3 Å². The summed E-state index contributed by atoms with van der Waals surface area (Å²) in [5.41, 5.74) is 10.6. The summed E-state index contributed by atoms with van der Waals surface area (Å²) in [6.07, 6.45) is 2.26. The first-order valence-electron chi connectivity index (χ1n) is 7.51. The van der Waals surface area contributed by atoms with Crippen molar-refractivity contribution in [3.63, 3.8) is 0 Å². The van der Waals surface area contributed by atoms with E-state index in [0.717, 1.165) is 24.3 Å². The van der Waals surface area contributed by atoms with Gasteiger partial charge in [0.1, 0.15) is 5.75 Å². The van der Waals surface area contributed by atoms with Gasteiger partial charge in [-0.15, -0.1) is 0 Å². The summed E-state index contributed by atoms with van der Waals surface area (Å²) < 4.78 is 5.75. The number of hydrogen-bond donors (Lipinski definition) is 2. The summed E-state index contributed by atoms with van der Waals surface area (Å²) in [5, 5.41) is 3.59. The summed E-state index contributed by atoms with van der Waals surface area (Å²) in [7, 11) is 0. The van der Waals surface area contributed by atoms with E-state index in [4.69, 9.17) is 10.5 Å². The molecule has 0 unspecified atom stereocenters. The molecule has 2 aromatic rings. The van der Waals surface area contributed by atoms with Crippen LogP contribution in [-0.2, 0) is 12.8 Å².